The van der Waals surface area contributed by atoms with Gasteiger partial charge in [-0.1, -0.05) is 36.7 Å². The molecule has 0 unspecified atom stereocenters. The van der Waals surface area contributed by atoms with Crippen molar-refractivity contribution in [2.75, 3.05) is 59.5 Å². The fourth-order valence-corrected chi connectivity index (χ4v) is 12.3. The first kappa shape index (κ1) is 44.7. The number of anilines is 4. The van der Waals surface area contributed by atoms with Gasteiger partial charge in [0.2, 0.25) is 10.0 Å². The Morgan fingerprint density at radius 3 is 1.71 bits per heavy atom. The molecule has 6 rings (SSSR count). The number of hydrogen-bond donors (Lipinski definition) is 2. The Balaban J connectivity index is 1.25. The van der Waals surface area contributed by atoms with Crippen molar-refractivity contribution in [3.8, 4) is 0 Å². The Morgan fingerprint density at radius 1 is 0.644 bits per heavy atom. The molecule has 2 fully saturated rings. The summed E-state index contributed by atoms with van der Waals surface area (Å²) in [7, 11) is -13.4. The predicted molar refractivity (Wildman–Crippen MR) is 235 cm³/mol. The quantitative estimate of drug-likeness (QED) is 0.132. The molecular formula is C41H52ClN5O8S4. The van der Waals surface area contributed by atoms with Crippen LogP contribution in [-0.2, 0) is 46.3 Å². The topological polar surface area (TPSA) is 170 Å². The third-order valence-corrected chi connectivity index (χ3v) is 18.6. The standard InChI is InChI=1S/C41H52ClN5O8S4/c1-30-23-27-47(28-24-30)40-37(44-58(52,53)34-18-20-35(21-19-34)59(54,55)45(4)5)22-13-31(39(40)42)29-41(2,3)56(48,49)32-14-16-33(17-15-32)57(50,51)43-36-11-7-8-12-38(36)46-25-9-6-10-26-46/h7-8,11-22,30,43-44H,6,9-10,23-29H2,1-5H3. The highest BCUT2D eigenvalue weighted by atomic mass is 35.5. The van der Waals surface area contributed by atoms with Crippen molar-refractivity contribution < 1.29 is 33.7 Å². The van der Waals surface area contributed by atoms with Crippen LogP contribution in [0.4, 0.5) is 22.7 Å². The van der Waals surface area contributed by atoms with Crippen molar-refractivity contribution >= 4 is 74.3 Å². The van der Waals surface area contributed by atoms with Crippen LogP contribution in [0.25, 0.3) is 0 Å². The number of halogens is 1. The van der Waals surface area contributed by atoms with E-state index >= 15 is 0 Å². The molecule has 4 aromatic carbocycles. The zero-order chi connectivity index (χ0) is 43.0. The van der Waals surface area contributed by atoms with Gasteiger partial charge < -0.3 is 9.80 Å². The summed E-state index contributed by atoms with van der Waals surface area (Å²) in [6.07, 6.45) is 4.80. The van der Waals surface area contributed by atoms with E-state index in [-0.39, 0.29) is 36.7 Å². The molecule has 0 radical (unpaired) electrons. The highest BCUT2D eigenvalue weighted by Crippen LogP contribution is 2.42. The third-order valence-electron chi connectivity index (χ3n) is 11.1. The Labute approximate surface area is 354 Å². The molecule has 2 aliphatic heterocycles. The molecule has 59 heavy (non-hydrogen) atoms. The lowest BCUT2D eigenvalue weighted by Crippen LogP contribution is -2.36. The zero-order valence-corrected chi connectivity index (χ0v) is 37.9. The summed E-state index contributed by atoms with van der Waals surface area (Å²) in [6.45, 7) is 8.12. The summed E-state index contributed by atoms with van der Waals surface area (Å²) in [6, 6.07) is 20.5. The fourth-order valence-electron chi connectivity index (χ4n) is 7.42. The Hall–Kier alpha value is -3.87. The number of piperidine rings is 2. The largest absolute Gasteiger partial charge is 0.370 e. The number of rotatable bonds is 14. The number of sulfone groups is 1. The Morgan fingerprint density at radius 2 is 1.15 bits per heavy atom. The van der Waals surface area contributed by atoms with Crippen LogP contribution in [0.3, 0.4) is 0 Å². The SMILES string of the molecule is CC1CCN(c2c(NS(=O)(=O)c3ccc(S(=O)(=O)N(C)C)cc3)ccc(CC(C)(C)S(=O)(=O)c3ccc(S(=O)(=O)Nc4ccccc4N4CCCCC4)cc3)c2Cl)CC1. The molecular weight excluding hydrogens is 854 g/mol. The number of hydrogen-bond acceptors (Lipinski definition) is 10. The molecule has 0 bridgehead atoms. The van der Waals surface area contributed by atoms with Crippen molar-refractivity contribution in [2.24, 2.45) is 5.92 Å². The maximum Gasteiger partial charge on any atom is 0.261 e. The van der Waals surface area contributed by atoms with Crippen LogP contribution in [0.2, 0.25) is 5.02 Å². The molecule has 0 amide bonds. The maximum atomic E-state index is 14.2. The van der Waals surface area contributed by atoms with Crippen LogP contribution in [0.5, 0.6) is 0 Å². The van der Waals surface area contributed by atoms with Gasteiger partial charge >= 0.3 is 0 Å². The number of nitrogens with one attached hydrogen (secondary N) is 2. The minimum Gasteiger partial charge on any atom is -0.370 e. The average Bonchev–Trinajstić information content (AvgIpc) is 3.20. The van der Waals surface area contributed by atoms with Crippen LogP contribution in [0.1, 0.15) is 58.4 Å². The molecule has 18 heteroatoms. The van der Waals surface area contributed by atoms with Gasteiger partial charge in [-0.05, 0) is 131 Å². The minimum absolute atomic E-state index is 0.0465. The summed E-state index contributed by atoms with van der Waals surface area (Å²) in [5, 5.41) is 0.202. The normalized spacial score (nSPS) is 16.3. The van der Waals surface area contributed by atoms with E-state index in [1.54, 1.807) is 38.1 Å². The van der Waals surface area contributed by atoms with Gasteiger partial charge in [-0.3, -0.25) is 9.44 Å². The maximum absolute atomic E-state index is 14.2. The van der Waals surface area contributed by atoms with E-state index in [1.807, 2.05) is 17.0 Å². The Kier molecular flexibility index (Phi) is 13.1. The number of sulfonamides is 3. The predicted octanol–water partition coefficient (Wildman–Crippen LogP) is 7.21. The van der Waals surface area contributed by atoms with Gasteiger partial charge in [0.1, 0.15) is 0 Å². The van der Waals surface area contributed by atoms with Crippen LogP contribution in [0, 0.1) is 5.92 Å². The molecule has 2 heterocycles. The van der Waals surface area contributed by atoms with Crippen LogP contribution in [-0.4, -0.2) is 83.0 Å². The molecule has 2 saturated heterocycles. The molecule has 2 aliphatic rings. The second kappa shape index (κ2) is 17.2. The molecule has 0 spiro atoms. The first-order valence-corrected chi connectivity index (χ1v) is 25.7. The molecule has 320 valence electrons. The van der Waals surface area contributed by atoms with E-state index in [4.69, 9.17) is 11.6 Å². The summed E-state index contributed by atoms with van der Waals surface area (Å²) >= 11 is 7.14. The fraction of sp³-hybridized carbons (Fsp3) is 0.415. The van der Waals surface area contributed by atoms with E-state index < -0.39 is 44.7 Å². The van der Waals surface area contributed by atoms with Gasteiger partial charge in [-0.15, -0.1) is 0 Å². The lowest BCUT2D eigenvalue weighted by atomic mass is 9.97. The summed E-state index contributed by atoms with van der Waals surface area (Å²) < 4.78 is 113. The zero-order valence-electron chi connectivity index (χ0n) is 33.8. The summed E-state index contributed by atoms with van der Waals surface area (Å²) in [4.78, 5) is 3.80. The molecule has 0 saturated carbocycles. The lowest BCUT2D eigenvalue weighted by molar-refractivity contribution is 0.438. The lowest BCUT2D eigenvalue weighted by Gasteiger charge is -2.35. The summed E-state index contributed by atoms with van der Waals surface area (Å²) in [5.41, 5.74) is 2.34. The monoisotopic (exact) mass is 905 g/mol. The van der Waals surface area contributed by atoms with Gasteiger partial charge in [-0.25, -0.2) is 38.0 Å². The van der Waals surface area contributed by atoms with Crippen molar-refractivity contribution in [1.82, 2.24) is 4.31 Å². The van der Waals surface area contributed by atoms with Gasteiger partial charge in [0.15, 0.2) is 9.84 Å². The molecule has 0 aliphatic carbocycles. The highest BCUT2D eigenvalue weighted by molar-refractivity contribution is 7.93. The minimum atomic E-state index is -4.22. The van der Waals surface area contributed by atoms with E-state index in [2.05, 4.69) is 21.3 Å². The second-order valence-corrected chi connectivity index (χ2v) is 24.5. The molecule has 0 atom stereocenters. The first-order chi connectivity index (χ1) is 27.6. The van der Waals surface area contributed by atoms with Gasteiger partial charge in [-0.2, -0.15) is 0 Å². The van der Waals surface area contributed by atoms with Crippen molar-refractivity contribution in [3.63, 3.8) is 0 Å². The van der Waals surface area contributed by atoms with Crippen LogP contribution < -0.4 is 19.2 Å². The third kappa shape index (κ3) is 9.55. The number of nitrogens with zero attached hydrogens (tertiary/aromatic N) is 3. The van der Waals surface area contributed by atoms with Crippen molar-refractivity contribution in [2.45, 2.75) is 83.6 Å². The van der Waals surface area contributed by atoms with E-state index in [0.29, 0.717) is 35.9 Å². The molecule has 2 N–H and O–H groups in total. The molecule has 0 aromatic heterocycles. The molecule has 13 nitrogen and oxygen atoms in total. The van der Waals surface area contributed by atoms with E-state index in [1.165, 1.54) is 62.6 Å². The van der Waals surface area contributed by atoms with Crippen molar-refractivity contribution in [3.05, 3.63) is 95.5 Å². The second-order valence-electron chi connectivity index (χ2n) is 16.1. The molecule has 4 aromatic rings. The smallest absolute Gasteiger partial charge is 0.261 e. The highest BCUT2D eigenvalue weighted by Gasteiger charge is 2.38. The van der Waals surface area contributed by atoms with Gasteiger partial charge in [0, 0.05) is 40.3 Å². The van der Waals surface area contributed by atoms with E-state index in [9.17, 15) is 33.7 Å². The van der Waals surface area contributed by atoms with Gasteiger partial charge in [0.25, 0.3) is 20.0 Å². The van der Waals surface area contributed by atoms with Crippen LogP contribution in [0.15, 0.2) is 105 Å². The van der Waals surface area contributed by atoms with Crippen molar-refractivity contribution in [1.29, 1.82) is 0 Å². The number of para-hydroxylation sites is 2. The van der Waals surface area contributed by atoms with Crippen LogP contribution >= 0.6 is 11.6 Å². The average molecular weight is 907 g/mol. The number of benzene rings is 4. The van der Waals surface area contributed by atoms with E-state index in [0.717, 1.165) is 55.2 Å². The summed E-state index contributed by atoms with van der Waals surface area (Å²) in [5.74, 6) is 0.446. The van der Waals surface area contributed by atoms with Gasteiger partial charge in [0.05, 0.1) is 52.1 Å². The Bertz CT molecular complexity index is 2610. The first-order valence-electron chi connectivity index (χ1n) is 19.5.